The first-order chi connectivity index (χ1) is 12.4. The number of anilines is 1. The highest BCUT2D eigenvalue weighted by atomic mass is 32.2. The Bertz CT molecular complexity index is 720. The predicted molar refractivity (Wildman–Crippen MR) is 110 cm³/mol. The van der Waals surface area contributed by atoms with Crippen LogP contribution in [0.25, 0.3) is 0 Å². The number of rotatable bonds is 4. The van der Waals surface area contributed by atoms with Gasteiger partial charge in [0, 0.05) is 24.3 Å². The maximum Gasteiger partial charge on any atom is 0.243 e. The average molecular weight is 396 g/mol. The normalized spacial score (nSPS) is 21.1. The van der Waals surface area contributed by atoms with Gasteiger partial charge >= 0.3 is 0 Å². The molecule has 2 fully saturated rings. The fourth-order valence-electron chi connectivity index (χ4n) is 3.86. The molecule has 0 spiro atoms. The van der Waals surface area contributed by atoms with Gasteiger partial charge in [0.05, 0.1) is 4.90 Å². The number of nitrogens with one attached hydrogen (secondary N) is 2. The molecule has 0 unspecified atom stereocenters. The maximum absolute atomic E-state index is 12.7. The van der Waals surface area contributed by atoms with Gasteiger partial charge < -0.3 is 10.6 Å². The zero-order valence-electron chi connectivity index (χ0n) is 15.5. The number of hydrogen-bond acceptors (Lipinski definition) is 3. The Morgan fingerprint density at radius 3 is 2.19 bits per heavy atom. The number of hydrogen-bond donors (Lipinski definition) is 2. The summed E-state index contributed by atoms with van der Waals surface area (Å²) >= 11 is 5.45. The summed E-state index contributed by atoms with van der Waals surface area (Å²) in [4.78, 5) is 0.350. The smallest absolute Gasteiger partial charge is 0.243 e. The molecule has 144 valence electrons. The van der Waals surface area contributed by atoms with Crippen molar-refractivity contribution in [1.82, 2.24) is 9.62 Å². The van der Waals surface area contributed by atoms with Crippen molar-refractivity contribution in [2.45, 2.75) is 68.7 Å². The SMILES string of the molecule is CC1(NC(=S)Nc2ccc(S(=O)(=O)N3CCCCC3)cc2)CCCCC1. The summed E-state index contributed by atoms with van der Waals surface area (Å²) < 4.78 is 27.0. The lowest BCUT2D eigenvalue weighted by atomic mass is 9.83. The molecule has 2 aliphatic rings. The van der Waals surface area contributed by atoms with Gasteiger partial charge in [-0.15, -0.1) is 0 Å². The summed E-state index contributed by atoms with van der Waals surface area (Å²) in [5.74, 6) is 0. The molecule has 0 radical (unpaired) electrons. The van der Waals surface area contributed by atoms with E-state index in [4.69, 9.17) is 12.2 Å². The third kappa shape index (κ3) is 4.75. The van der Waals surface area contributed by atoms with Crippen molar-refractivity contribution < 1.29 is 8.42 Å². The lowest BCUT2D eigenvalue weighted by Gasteiger charge is -2.35. The van der Waals surface area contributed by atoms with Gasteiger partial charge in [-0.25, -0.2) is 8.42 Å². The minimum atomic E-state index is -3.38. The van der Waals surface area contributed by atoms with Gasteiger partial charge in [-0.3, -0.25) is 0 Å². The third-order valence-corrected chi connectivity index (χ3v) is 7.55. The van der Waals surface area contributed by atoms with E-state index < -0.39 is 10.0 Å². The molecule has 1 aliphatic heterocycles. The fourth-order valence-corrected chi connectivity index (χ4v) is 5.74. The van der Waals surface area contributed by atoms with E-state index in [0.29, 0.717) is 23.1 Å². The van der Waals surface area contributed by atoms with Gasteiger partial charge in [-0.2, -0.15) is 4.31 Å². The number of nitrogens with zero attached hydrogens (tertiary/aromatic N) is 1. The molecule has 1 heterocycles. The van der Waals surface area contributed by atoms with Crippen LogP contribution in [0.4, 0.5) is 5.69 Å². The zero-order chi connectivity index (χ0) is 18.6. The monoisotopic (exact) mass is 395 g/mol. The van der Waals surface area contributed by atoms with E-state index in [1.54, 1.807) is 28.6 Å². The second-order valence-electron chi connectivity index (χ2n) is 7.69. The minimum absolute atomic E-state index is 0.0554. The summed E-state index contributed by atoms with van der Waals surface area (Å²) in [6.07, 6.45) is 9.01. The van der Waals surface area contributed by atoms with Crippen LogP contribution in [0.2, 0.25) is 0 Å². The van der Waals surface area contributed by atoms with E-state index in [0.717, 1.165) is 37.8 Å². The Hall–Kier alpha value is -1.18. The average Bonchev–Trinajstić information content (AvgIpc) is 2.63. The Morgan fingerprint density at radius 1 is 1.00 bits per heavy atom. The highest BCUT2D eigenvalue weighted by molar-refractivity contribution is 7.89. The second-order valence-corrected chi connectivity index (χ2v) is 10.0. The van der Waals surface area contributed by atoms with Crippen LogP contribution in [0.15, 0.2) is 29.2 Å². The number of piperidine rings is 1. The largest absolute Gasteiger partial charge is 0.357 e. The van der Waals surface area contributed by atoms with E-state index in [1.165, 1.54) is 19.3 Å². The molecule has 0 aromatic heterocycles. The number of sulfonamides is 1. The Morgan fingerprint density at radius 2 is 1.58 bits per heavy atom. The van der Waals surface area contributed by atoms with Gasteiger partial charge in [0.1, 0.15) is 0 Å². The van der Waals surface area contributed by atoms with E-state index >= 15 is 0 Å². The van der Waals surface area contributed by atoms with Crippen LogP contribution in [-0.2, 0) is 10.0 Å². The third-order valence-electron chi connectivity index (χ3n) is 5.44. The highest BCUT2D eigenvalue weighted by Gasteiger charge is 2.28. The standard InChI is InChI=1S/C19H29N3O2S2/c1-19(12-4-2-5-13-19)21-18(25)20-16-8-10-17(11-9-16)26(23,24)22-14-6-3-7-15-22/h8-11H,2-7,12-15H2,1H3,(H2,20,21,25). The molecule has 0 amide bonds. The quantitative estimate of drug-likeness (QED) is 0.758. The number of thiocarbonyl (C=S) groups is 1. The Balaban J connectivity index is 1.61. The molecular formula is C19H29N3O2S2. The molecule has 7 heteroatoms. The van der Waals surface area contributed by atoms with E-state index in [-0.39, 0.29) is 5.54 Å². The van der Waals surface area contributed by atoms with Gasteiger partial charge in [-0.05, 0) is 69.1 Å². The van der Waals surface area contributed by atoms with E-state index in [9.17, 15) is 8.42 Å². The molecule has 0 atom stereocenters. The van der Waals surface area contributed by atoms with Crippen LogP contribution in [0.5, 0.6) is 0 Å². The number of benzene rings is 1. The molecule has 2 N–H and O–H groups in total. The van der Waals surface area contributed by atoms with Gasteiger partial charge in [0.15, 0.2) is 5.11 Å². The topological polar surface area (TPSA) is 61.4 Å². The molecule has 1 saturated heterocycles. The first-order valence-electron chi connectivity index (χ1n) is 9.59. The molecule has 1 aliphatic carbocycles. The molecule has 26 heavy (non-hydrogen) atoms. The maximum atomic E-state index is 12.7. The lowest BCUT2D eigenvalue weighted by molar-refractivity contribution is 0.292. The summed E-state index contributed by atoms with van der Waals surface area (Å²) in [7, 11) is -3.38. The van der Waals surface area contributed by atoms with Crippen molar-refractivity contribution >= 4 is 33.0 Å². The van der Waals surface area contributed by atoms with Gasteiger partial charge in [0.2, 0.25) is 10.0 Å². The molecule has 1 aromatic rings. The predicted octanol–water partition coefficient (Wildman–Crippen LogP) is 3.87. The van der Waals surface area contributed by atoms with Crippen LogP contribution in [0.3, 0.4) is 0 Å². The molecule has 1 aromatic carbocycles. The van der Waals surface area contributed by atoms with Crippen LogP contribution in [0.1, 0.15) is 58.3 Å². The Kier molecular flexibility index (Phi) is 6.20. The summed E-state index contributed by atoms with van der Waals surface area (Å²) in [6, 6.07) is 6.90. The molecule has 5 nitrogen and oxygen atoms in total. The second kappa shape index (κ2) is 8.23. The van der Waals surface area contributed by atoms with Gasteiger partial charge in [-0.1, -0.05) is 25.7 Å². The van der Waals surface area contributed by atoms with Crippen molar-refractivity contribution in [1.29, 1.82) is 0 Å². The minimum Gasteiger partial charge on any atom is -0.357 e. The lowest BCUT2D eigenvalue weighted by Crippen LogP contribution is -2.48. The van der Waals surface area contributed by atoms with Crippen molar-refractivity contribution in [3.63, 3.8) is 0 Å². The van der Waals surface area contributed by atoms with E-state index in [2.05, 4.69) is 17.6 Å². The Labute approximate surface area is 162 Å². The van der Waals surface area contributed by atoms with E-state index in [1.807, 2.05) is 0 Å². The zero-order valence-corrected chi connectivity index (χ0v) is 17.1. The fraction of sp³-hybridized carbons (Fsp3) is 0.632. The summed E-state index contributed by atoms with van der Waals surface area (Å²) in [5, 5.41) is 7.22. The first-order valence-corrected chi connectivity index (χ1v) is 11.4. The highest BCUT2D eigenvalue weighted by Crippen LogP contribution is 2.28. The van der Waals surface area contributed by atoms with Crippen LogP contribution in [0, 0.1) is 0 Å². The van der Waals surface area contributed by atoms with Crippen molar-refractivity contribution in [3.8, 4) is 0 Å². The van der Waals surface area contributed by atoms with Gasteiger partial charge in [0.25, 0.3) is 0 Å². The van der Waals surface area contributed by atoms with Crippen LogP contribution < -0.4 is 10.6 Å². The van der Waals surface area contributed by atoms with Crippen molar-refractivity contribution in [2.75, 3.05) is 18.4 Å². The van der Waals surface area contributed by atoms with Crippen LogP contribution >= 0.6 is 12.2 Å². The molecular weight excluding hydrogens is 366 g/mol. The molecule has 0 bridgehead atoms. The van der Waals surface area contributed by atoms with Crippen molar-refractivity contribution in [2.24, 2.45) is 0 Å². The van der Waals surface area contributed by atoms with Crippen LogP contribution in [-0.4, -0.2) is 36.5 Å². The molecule has 1 saturated carbocycles. The molecule has 3 rings (SSSR count). The van der Waals surface area contributed by atoms with Crippen molar-refractivity contribution in [3.05, 3.63) is 24.3 Å². The first kappa shape index (κ1) is 19.6. The summed E-state index contributed by atoms with van der Waals surface area (Å²) in [5.41, 5.74) is 0.861. The summed E-state index contributed by atoms with van der Waals surface area (Å²) in [6.45, 7) is 3.46.